The van der Waals surface area contributed by atoms with Crippen LogP contribution in [0, 0.1) is 13.8 Å². The number of rotatable bonds is 6. The van der Waals surface area contributed by atoms with E-state index in [-0.39, 0.29) is 0 Å². The molecular weight excluding hydrogens is 378 g/mol. The quantitative estimate of drug-likeness (QED) is 0.302. The molecule has 0 aliphatic rings. The molecule has 0 radical (unpaired) electrons. The molecule has 0 heterocycles. The third kappa shape index (κ3) is 4.87. The first kappa shape index (κ1) is 20.5. The molecule has 0 aliphatic heterocycles. The van der Waals surface area contributed by atoms with Crippen molar-refractivity contribution in [2.75, 3.05) is 12.0 Å². The molecule has 0 spiro atoms. The van der Waals surface area contributed by atoms with Gasteiger partial charge < -0.3 is 9.64 Å². The van der Waals surface area contributed by atoms with Crippen LogP contribution in [0.25, 0.3) is 12.2 Å². The van der Waals surface area contributed by atoms with Crippen LogP contribution in [0.2, 0.25) is 0 Å². The Morgan fingerprint density at radius 3 is 1.81 bits per heavy atom. The molecule has 0 atom stereocenters. The van der Waals surface area contributed by atoms with Crippen LogP contribution in [-0.2, 0) is 0 Å². The molecule has 0 N–H and O–H groups in total. The minimum absolute atomic E-state index is 0.853. The lowest BCUT2D eigenvalue weighted by molar-refractivity contribution is 0.415. The average molecular weight is 406 g/mol. The van der Waals surface area contributed by atoms with Crippen molar-refractivity contribution in [2.45, 2.75) is 13.8 Å². The van der Waals surface area contributed by atoms with Crippen molar-refractivity contribution in [1.82, 2.24) is 0 Å². The van der Waals surface area contributed by atoms with Crippen molar-refractivity contribution >= 4 is 29.2 Å². The molecule has 0 aliphatic carbocycles. The zero-order chi connectivity index (χ0) is 21.6. The molecule has 0 amide bonds. The van der Waals surface area contributed by atoms with Crippen LogP contribution in [0.5, 0.6) is 5.75 Å². The van der Waals surface area contributed by atoms with Gasteiger partial charge in [0.15, 0.2) is 0 Å². The number of hydrogen-bond acceptors (Lipinski definition) is 2. The summed E-state index contributed by atoms with van der Waals surface area (Å²) in [6.07, 6.45) is 4.29. The van der Waals surface area contributed by atoms with Gasteiger partial charge in [-0.15, -0.1) is 0 Å². The first-order valence-corrected chi connectivity index (χ1v) is 10.5. The van der Waals surface area contributed by atoms with Gasteiger partial charge in [0.25, 0.3) is 0 Å². The fourth-order valence-corrected chi connectivity index (χ4v) is 3.71. The third-order valence-corrected chi connectivity index (χ3v) is 5.34. The van der Waals surface area contributed by atoms with Gasteiger partial charge in [0.1, 0.15) is 5.75 Å². The largest absolute Gasteiger partial charge is 0.497 e. The second-order valence-corrected chi connectivity index (χ2v) is 7.66. The van der Waals surface area contributed by atoms with E-state index in [4.69, 9.17) is 4.74 Å². The molecule has 4 aromatic rings. The molecule has 0 saturated heterocycles. The highest BCUT2D eigenvalue weighted by Crippen LogP contribution is 2.37. The molecule has 0 bridgehead atoms. The van der Waals surface area contributed by atoms with Crippen LogP contribution < -0.4 is 9.64 Å². The predicted molar refractivity (Wildman–Crippen MR) is 133 cm³/mol. The number of hydrogen-bond donors (Lipinski definition) is 0. The predicted octanol–water partition coefficient (Wildman–Crippen LogP) is 7.95. The summed E-state index contributed by atoms with van der Waals surface area (Å²) in [5.41, 5.74) is 8.25. The van der Waals surface area contributed by atoms with E-state index in [9.17, 15) is 0 Å². The molecule has 31 heavy (non-hydrogen) atoms. The van der Waals surface area contributed by atoms with Gasteiger partial charge in [-0.1, -0.05) is 72.3 Å². The Hall–Kier alpha value is -3.78. The highest BCUT2D eigenvalue weighted by molar-refractivity contribution is 5.80. The van der Waals surface area contributed by atoms with Gasteiger partial charge in [-0.25, -0.2) is 0 Å². The standard InChI is InChI=1S/C29H27NO/c1-22-9-20-29(23(2)21-22)30(27-16-18-28(31-3)19-17-27)26-14-12-25(13-15-26)11-10-24-7-5-4-6-8-24/h4-21H,1-3H3. The molecule has 154 valence electrons. The topological polar surface area (TPSA) is 12.5 Å². The normalized spacial score (nSPS) is 10.9. The SMILES string of the molecule is COc1ccc(N(c2ccc(C=Cc3ccccc3)cc2)c2ccc(C)cc2C)cc1. The lowest BCUT2D eigenvalue weighted by Crippen LogP contribution is -2.11. The number of nitrogens with zero attached hydrogens (tertiary/aromatic N) is 1. The van der Waals surface area contributed by atoms with Crippen molar-refractivity contribution < 1.29 is 4.74 Å². The molecule has 4 aromatic carbocycles. The lowest BCUT2D eigenvalue weighted by atomic mass is 10.1. The van der Waals surface area contributed by atoms with Gasteiger partial charge in [0, 0.05) is 17.1 Å². The maximum atomic E-state index is 5.35. The monoisotopic (exact) mass is 405 g/mol. The molecule has 0 fully saturated rings. The van der Waals surface area contributed by atoms with Crippen molar-refractivity contribution in [3.63, 3.8) is 0 Å². The van der Waals surface area contributed by atoms with E-state index >= 15 is 0 Å². The summed E-state index contributed by atoms with van der Waals surface area (Å²) in [6, 6.07) is 33.8. The summed E-state index contributed by atoms with van der Waals surface area (Å²) in [5.74, 6) is 0.853. The zero-order valence-corrected chi connectivity index (χ0v) is 18.2. The van der Waals surface area contributed by atoms with Crippen LogP contribution >= 0.6 is 0 Å². The minimum atomic E-state index is 0.853. The molecular formula is C29H27NO. The Balaban J connectivity index is 1.70. The van der Waals surface area contributed by atoms with Gasteiger partial charge in [-0.3, -0.25) is 0 Å². The number of aryl methyl sites for hydroxylation is 2. The smallest absolute Gasteiger partial charge is 0.119 e. The van der Waals surface area contributed by atoms with E-state index in [2.05, 4.69) is 110 Å². The Morgan fingerprint density at radius 1 is 0.645 bits per heavy atom. The summed E-state index contributed by atoms with van der Waals surface area (Å²) in [7, 11) is 1.69. The maximum Gasteiger partial charge on any atom is 0.119 e. The summed E-state index contributed by atoms with van der Waals surface area (Å²) < 4.78 is 5.35. The average Bonchev–Trinajstić information content (AvgIpc) is 2.81. The Morgan fingerprint density at radius 2 is 1.23 bits per heavy atom. The second kappa shape index (κ2) is 9.36. The number of ether oxygens (including phenoxy) is 1. The third-order valence-electron chi connectivity index (χ3n) is 5.34. The first-order valence-electron chi connectivity index (χ1n) is 10.5. The number of benzene rings is 4. The van der Waals surface area contributed by atoms with Gasteiger partial charge in [0.2, 0.25) is 0 Å². The summed E-state index contributed by atoms with van der Waals surface area (Å²) >= 11 is 0. The second-order valence-electron chi connectivity index (χ2n) is 7.66. The van der Waals surface area contributed by atoms with Crippen molar-refractivity contribution in [3.8, 4) is 5.75 Å². The van der Waals surface area contributed by atoms with Crippen LogP contribution in [0.1, 0.15) is 22.3 Å². The van der Waals surface area contributed by atoms with Gasteiger partial charge in [0.05, 0.1) is 7.11 Å². The van der Waals surface area contributed by atoms with E-state index < -0.39 is 0 Å². The number of anilines is 3. The molecule has 0 aromatic heterocycles. The zero-order valence-electron chi connectivity index (χ0n) is 18.2. The molecule has 2 nitrogen and oxygen atoms in total. The van der Waals surface area contributed by atoms with Crippen LogP contribution in [-0.4, -0.2) is 7.11 Å². The molecule has 0 unspecified atom stereocenters. The summed E-state index contributed by atoms with van der Waals surface area (Å²) in [4.78, 5) is 2.29. The molecule has 2 heteroatoms. The Kier molecular flexibility index (Phi) is 6.18. The molecule has 0 saturated carbocycles. The van der Waals surface area contributed by atoms with Crippen LogP contribution in [0.15, 0.2) is 97.1 Å². The molecule has 4 rings (SSSR count). The Labute approximate surface area is 185 Å². The van der Waals surface area contributed by atoms with Gasteiger partial charge >= 0.3 is 0 Å². The fraction of sp³-hybridized carbons (Fsp3) is 0.103. The summed E-state index contributed by atoms with van der Waals surface area (Å²) in [6.45, 7) is 4.29. The summed E-state index contributed by atoms with van der Waals surface area (Å²) in [5, 5.41) is 0. The van der Waals surface area contributed by atoms with E-state index in [1.807, 2.05) is 18.2 Å². The highest BCUT2D eigenvalue weighted by Gasteiger charge is 2.14. The fourth-order valence-electron chi connectivity index (χ4n) is 3.71. The van der Waals surface area contributed by atoms with Crippen molar-refractivity contribution in [2.24, 2.45) is 0 Å². The van der Waals surface area contributed by atoms with Crippen molar-refractivity contribution in [3.05, 3.63) is 119 Å². The van der Waals surface area contributed by atoms with Crippen LogP contribution in [0.4, 0.5) is 17.1 Å². The number of methoxy groups -OCH3 is 1. The first-order chi connectivity index (χ1) is 15.1. The van der Waals surface area contributed by atoms with E-state index in [1.54, 1.807) is 7.11 Å². The van der Waals surface area contributed by atoms with Gasteiger partial charge in [-0.2, -0.15) is 0 Å². The van der Waals surface area contributed by atoms with E-state index in [1.165, 1.54) is 27.9 Å². The van der Waals surface area contributed by atoms with E-state index in [0.29, 0.717) is 0 Å². The van der Waals surface area contributed by atoms with Crippen LogP contribution in [0.3, 0.4) is 0 Å². The van der Waals surface area contributed by atoms with Crippen molar-refractivity contribution in [1.29, 1.82) is 0 Å². The Bertz CT molecular complexity index is 1160. The highest BCUT2D eigenvalue weighted by atomic mass is 16.5. The van der Waals surface area contributed by atoms with E-state index in [0.717, 1.165) is 17.1 Å². The lowest BCUT2D eigenvalue weighted by Gasteiger charge is -2.27. The minimum Gasteiger partial charge on any atom is -0.497 e. The van der Waals surface area contributed by atoms with Gasteiger partial charge in [-0.05, 0) is 73.0 Å². The maximum absolute atomic E-state index is 5.35.